The summed E-state index contributed by atoms with van der Waals surface area (Å²) in [5.74, 6) is 0. The number of aliphatic hydroxyl groups excluding tert-OH is 2. The molecule has 1 aliphatic rings. The van der Waals surface area contributed by atoms with Crippen molar-refractivity contribution in [1.82, 2.24) is 0 Å². The zero-order chi connectivity index (χ0) is 13.8. The van der Waals surface area contributed by atoms with Gasteiger partial charge in [-0.3, -0.25) is 0 Å². The summed E-state index contributed by atoms with van der Waals surface area (Å²) in [5.41, 5.74) is 2.13. The lowest BCUT2D eigenvalue weighted by Crippen LogP contribution is -2.29. The van der Waals surface area contributed by atoms with Gasteiger partial charge < -0.3 is 15.1 Å². The molecule has 1 aromatic carbocycles. The van der Waals surface area contributed by atoms with E-state index in [-0.39, 0.29) is 6.61 Å². The number of anilines is 1. The third-order valence-corrected chi connectivity index (χ3v) is 4.53. The molecule has 4 heteroatoms. The summed E-state index contributed by atoms with van der Waals surface area (Å²) in [6.07, 6.45) is 3.88. The van der Waals surface area contributed by atoms with Crippen molar-refractivity contribution in [2.75, 3.05) is 18.1 Å². The fourth-order valence-electron chi connectivity index (χ4n) is 2.84. The SMILES string of the molecule is CC(O)c1ccc(N2CCCC2CCCO)cc1Br. The van der Waals surface area contributed by atoms with Gasteiger partial charge in [-0.1, -0.05) is 22.0 Å². The Morgan fingerprint density at radius 1 is 1.47 bits per heavy atom. The van der Waals surface area contributed by atoms with Gasteiger partial charge in [0.15, 0.2) is 0 Å². The number of rotatable bonds is 5. The van der Waals surface area contributed by atoms with Gasteiger partial charge in [0.25, 0.3) is 0 Å². The van der Waals surface area contributed by atoms with Crippen LogP contribution in [0, 0.1) is 0 Å². The van der Waals surface area contributed by atoms with Gasteiger partial charge in [-0.15, -0.1) is 0 Å². The third kappa shape index (κ3) is 3.50. The fraction of sp³-hybridized carbons (Fsp3) is 0.600. The van der Waals surface area contributed by atoms with Gasteiger partial charge in [0.1, 0.15) is 0 Å². The molecule has 2 rings (SSSR count). The standard InChI is InChI=1S/C15H22BrNO2/c1-11(19)14-7-6-13(10-15(14)16)17-8-2-4-12(17)5-3-9-18/h6-7,10-12,18-19H,2-5,8-9H2,1H3. The van der Waals surface area contributed by atoms with Gasteiger partial charge in [-0.25, -0.2) is 0 Å². The van der Waals surface area contributed by atoms with E-state index in [9.17, 15) is 5.11 Å². The van der Waals surface area contributed by atoms with E-state index in [1.165, 1.54) is 18.5 Å². The van der Waals surface area contributed by atoms with Crippen LogP contribution in [0.4, 0.5) is 5.69 Å². The molecule has 0 bridgehead atoms. The smallest absolute Gasteiger partial charge is 0.0772 e. The van der Waals surface area contributed by atoms with E-state index >= 15 is 0 Å². The van der Waals surface area contributed by atoms with Crippen LogP contribution in [0.15, 0.2) is 22.7 Å². The Balaban J connectivity index is 2.14. The first kappa shape index (κ1) is 14.8. The van der Waals surface area contributed by atoms with Crippen LogP contribution in [0.3, 0.4) is 0 Å². The number of hydrogen-bond donors (Lipinski definition) is 2. The molecule has 1 aromatic rings. The maximum absolute atomic E-state index is 9.66. The lowest BCUT2D eigenvalue weighted by Gasteiger charge is -2.27. The Kier molecular flexibility index (Phi) is 5.25. The number of benzene rings is 1. The second-order valence-electron chi connectivity index (χ2n) is 5.24. The first-order valence-corrected chi connectivity index (χ1v) is 7.77. The van der Waals surface area contributed by atoms with E-state index in [1.54, 1.807) is 6.92 Å². The van der Waals surface area contributed by atoms with E-state index in [1.807, 2.05) is 6.07 Å². The minimum atomic E-state index is -0.452. The average molecular weight is 328 g/mol. The number of hydrogen-bond acceptors (Lipinski definition) is 3. The fourth-order valence-corrected chi connectivity index (χ4v) is 3.53. The predicted molar refractivity (Wildman–Crippen MR) is 81.5 cm³/mol. The normalized spacial score (nSPS) is 20.8. The highest BCUT2D eigenvalue weighted by Gasteiger charge is 2.24. The molecule has 1 saturated heterocycles. The van der Waals surface area contributed by atoms with Crippen LogP contribution in [0.5, 0.6) is 0 Å². The number of halogens is 1. The highest BCUT2D eigenvalue weighted by molar-refractivity contribution is 9.10. The Bertz CT molecular complexity index is 423. The highest BCUT2D eigenvalue weighted by atomic mass is 79.9. The lowest BCUT2D eigenvalue weighted by molar-refractivity contribution is 0.198. The van der Waals surface area contributed by atoms with Crippen molar-refractivity contribution in [1.29, 1.82) is 0 Å². The van der Waals surface area contributed by atoms with E-state index in [0.29, 0.717) is 6.04 Å². The zero-order valence-electron chi connectivity index (χ0n) is 11.3. The summed E-state index contributed by atoms with van der Waals surface area (Å²) in [4.78, 5) is 2.42. The van der Waals surface area contributed by atoms with Crippen molar-refractivity contribution in [3.63, 3.8) is 0 Å². The summed E-state index contributed by atoms with van der Waals surface area (Å²) in [6, 6.07) is 6.71. The van der Waals surface area contributed by atoms with Crippen LogP contribution >= 0.6 is 15.9 Å². The van der Waals surface area contributed by atoms with E-state index in [0.717, 1.165) is 29.4 Å². The van der Waals surface area contributed by atoms with Crippen LogP contribution in [0.25, 0.3) is 0 Å². The molecule has 0 spiro atoms. The van der Waals surface area contributed by atoms with E-state index < -0.39 is 6.10 Å². The maximum atomic E-state index is 9.66. The minimum absolute atomic E-state index is 0.273. The van der Waals surface area contributed by atoms with Crippen molar-refractivity contribution in [3.8, 4) is 0 Å². The monoisotopic (exact) mass is 327 g/mol. The molecule has 2 unspecified atom stereocenters. The molecular formula is C15H22BrNO2. The molecule has 0 amide bonds. The third-order valence-electron chi connectivity index (χ3n) is 3.84. The topological polar surface area (TPSA) is 43.7 Å². The molecule has 19 heavy (non-hydrogen) atoms. The summed E-state index contributed by atoms with van der Waals surface area (Å²) >= 11 is 3.54. The van der Waals surface area contributed by atoms with Gasteiger partial charge in [0, 0.05) is 29.4 Å². The van der Waals surface area contributed by atoms with Crippen LogP contribution < -0.4 is 4.90 Å². The molecular weight excluding hydrogens is 306 g/mol. The molecule has 0 aliphatic carbocycles. The van der Waals surface area contributed by atoms with Crippen LogP contribution in [-0.4, -0.2) is 29.4 Å². The van der Waals surface area contributed by atoms with Gasteiger partial charge in [0.05, 0.1) is 6.10 Å². The van der Waals surface area contributed by atoms with E-state index in [4.69, 9.17) is 5.11 Å². The largest absolute Gasteiger partial charge is 0.396 e. The Morgan fingerprint density at radius 2 is 2.26 bits per heavy atom. The zero-order valence-corrected chi connectivity index (χ0v) is 12.9. The summed E-state index contributed by atoms with van der Waals surface area (Å²) in [5, 5.41) is 18.6. The van der Waals surface area contributed by atoms with Crippen molar-refractivity contribution in [2.24, 2.45) is 0 Å². The Morgan fingerprint density at radius 3 is 2.89 bits per heavy atom. The molecule has 1 heterocycles. The molecule has 0 saturated carbocycles. The predicted octanol–water partition coefficient (Wildman–Crippen LogP) is 3.24. The molecule has 106 valence electrons. The molecule has 0 aromatic heterocycles. The summed E-state index contributed by atoms with van der Waals surface area (Å²) in [6.45, 7) is 3.13. The average Bonchev–Trinajstić information content (AvgIpc) is 2.83. The molecule has 1 fully saturated rings. The minimum Gasteiger partial charge on any atom is -0.396 e. The highest BCUT2D eigenvalue weighted by Crippen LogP contribution is 2.33. The van der Waals surface area contributed by atoms with Crippen molar-refractivity contribution in [2.45, 2.75) is 44.8 Å². The van der Waals surface area contributed by atoms with Gasteiger partial charge in [-0.2, -0.15) is 0 Å². The maximum Gasteiger partial charge on any atom is 0.0772 e. The Hall–Kier alpha value is -0.580. The van der Waals surface area contributed by atoms with Gasteiger partial charge in [0.2, 0.25) is 0 Å². The number of aliphatic hydroxyl groups is 2. The quantitative estimate of drug-likeness (QED) is 0.872. The van der Waals surface area contributed by atoms with Gasteiger partial charge >= 0.3 is 0 Å². The van der Waals surface area contributed by atoms with Gasteiger partial charge in [-0.05, 0) is 50.3 Å². The first-order chi connectivity index (χ1) is 9.13. The lowest BCUT2D eigenvalue weighted by atomic mass is 10.1. The summed E-state index contributed by atoms with van der Waals surface area (Å²) in [7, 11) is 0. The molecule has 2 atom stereocenters. The first-order valence-electron chi connectivity index (χ1n) is 6.98. The molecule has 2 N–H and O–H groups in total. The van der Waals surface area contributed by atoms with Crippen LogP contribution in [0.1, 0.15) is 44.3 Å². The molecule has 1 aliphatic heterocycles. The van der Waals surface area contributed by atoms with Crippen LogP contribution in [-0.2, 0) is 0 Å². The summed E-state index contributed by atoms with van der Waals surface area (Å²) < 4.78 is 0.966. The Labute approximate surface area is 123 Å². The van der Waals surface area contributed by atoms with Crippen molar-refractivity contribution < 1.29 is 10.2 Å². The molecule has 3 nitrogen and oxygen atoms in total. The van der Waals surface area contributed by atoms with Crippen molar-refractivity contribution in [3.05, 3.63) is 28.2 Å². The molecule has 0 radical (unpaired) electrons. The number of nitrogens with zero attached hydrogens (tertiary/aromatic N) is 1. The second-order valence-corrected chi connectivity index (χ2v) is 6.09. The second kappa shape index (κ2) is 6.73. The van der Waals surface area contributed by atoms with Crippen molar-refractivity contribution >= 4 is 21.6 Å². The van der Waals surface area contributed by atoms with E-state index in [2.05, 4.69) is 33.0 Å². The van der Waals surface area contributed by atoms with Crippen LogP contribution in [0.2, 0.25) is 0 Å².